The summed E-state index contributed by atoms with van der Waals surface area (Å²) < 4.78 is 20.9. The number of aromatic nitrogens is 4. The third-order valence-electron chi connectivity index (χ3n) is 3.51. The standard InChI is InChI=1S/C17H13FN4OS/c18-4-6-22-10-12(9-21-22)16-7-14(3-5-19-16)23-13-1-2-15-17(8-13)24-11-20-15/h1-3,5,7-11H,4,6H2. The average molecular weight is 340 g/mol. The zero-order valence-electron chi connectivity index (χ0n) is 12.6. The van der Waals surface area contributed by atoms with E-state index in [0.29, 0.717) is 5.75 Å². The van der Waals surface area contributed by atoms with Gasteiger partial charge in [-0.2, -0.15) is 5.10 Å². The molecular weight excluding hydrogens is 327 g/mol. The fourth-order valence-electron chi connectivity index (χ4n) is 2.37. The molecule has 0 unspecified atom stereocenters. The minimum atomic E-state index is -0.447. The smallest absolute Gasteiger partial charge is 0.131 e. The average Bonchev–Trinajstić information content (AvgIpc) is 3.24. The fraction of sp³-hybridized carbons (Fsp3) is 0.118. The van der Waals surface area contributed by atoms with Crippen LogP contribution in [0.2, 0.25) is 0 Å². The summed E-state index contributed by atoms with van der Waals surface area (Å²) in [6.07, 6.45) is 5.13. The molecule has 4 rings (SSSR count). The van der Waals surface area contributed by atoms with E-state index in [-0.39, 0.29) is 6.54 Å². The van der Waals surface area contributed by atoms with Crippen LogP contribution in [0, 0.1) is 0 Å². The molecule has 0 radical (unpaired) electrons. The predicted molar refractivity (Wildman–Crippen MR) is 91.1 cm³/mol. The Morgan fingerprint density at radius 1 is 1.12 bits per heavy atom. The molecule has 0 fully saturated rings. The van der Waals surface area contributed by atoms with Gasteiger partial charge in [0.2, 0.25) is 0 Å². The van der Waals surface area contributed by atoms with E-state index in [1.807, 2.05) is 29.8 Å². The van der Waals surface area contributed by atoms with Gasteiger partial charge in [-0.15, -0.1) is 11.3 Å². The van der Waals surface area contributed by atoms with E-state index < -0.39 is 6.67 Å². The summed E-state index contributed by atoms with van der Waals surface area (Å²) in [5.74, 6) is 1.43. The van der Waals surface area contributed by atoms with E-state index >= 15 is 0 Å². The molecule has 5 nitrogen and oxygen atoms in total. The number of nitrogens with zero attached hydrogens (tertiary/aromatic N) is 4. The molecular formula is C17H13FN4OS. The summed E-state index contributed by atoms with van der Waals surface area (Å²) in [6, 6.07) is 9.43. The second kappa shape index (κ2) is 6.37. The molecule has 3 heterocycles. The summed E-state index contributed by atoms with van der Waals surface area (Å²) in [6.45, 7) is -0.206. The molecule has 24 heavy (non-hydrogen) atoms. The van der Waals surface area contributed by atoms with Gasteiger partial charge in [0.05, 0.1) is 34.2 Å². The van der Waals surface area contributed by atoms with E-state index in [9.17, 15) is 4.39 Å². The molecule has 0 spiro atoms. The number of rotatable bonds is 5. The van der Waals surface area contributed by atoms with Gasteiger partial charge >= 0.3 is 0 Å². The molecule has 0 aliphatic carbocycles. The van der Waals surface area contributed by atoms with Gasteiger partial charge in [-0.1, -0.05) is 0 Å². The van der Waals surface area contributed by atoms with Crippen LogP contribution in [-0.4, -0.2) is 26.4 Å². The van der Waals surface area contributed by atoms with Crippen LogP contribution in [0.3, 0.4) is 0 Å². The Labute approximate surface area is 141 Å². The van der Waals surface area contributed by atoms with Gasteiger partial charge in [0.25, 0.3) is 0 Å². The number of pyridine rings is 1. The number of fused-ring (bicyclic) bond motifs is 1. The van der Waals surface area contributed by atoms with E-state index in [1.165, 1.54) is 0 Å². The molecule has 0 aliphatic rings. The third-order valence-corrected chi connectivity index (χ3v) is 4.30. The lowest BCUT2D eigenvalue weighted by molar-refractivity contribution is 0.427. The number of alkyl halides is 1. The zero-order valence-corrected chi connectivity index (χ0v) is 13.4. The highest BCUT2D eigenvalue weighted by Crippen LogP contribution is 2.29. The Bertz CT molecular complexity index is 981. The Morgan fingerprint density at radius 2 is 2.04 bits per heavy atom. The number of halogens is 1. The number of hydrogen-bond acceptors (Lipinski definition) is 5. The first-order valence-corrected chi connectivity index (χ1v) is 8.26. The highest BCUT2D eigenvalue weighted by Gasteiger charge is 2.07. The van der Waals surface area contributed by atoms with Crippen LogP contribution in [-0.2, 0) is 6.54 Å². The van der Waals surface area contributed by atoms with Gasteiger partial charge in [-0.3, -0.25) is 9.67 Å². The molecule has 7 heteroatoms. The molecule has 1 aromatic carbocycles. The Hall–Kier alpha value is -2.80. The van der Waals surface area contributed by atoms with Crippen molar-refractivity contribution in [3.63, 3.8) is 0 Å². The van der Waals surface area contributed by atoms with E-state index in [4.69, 9.17) is 4.74 Å². The molecule has 0 amide bonds. The van der Waals surface area contributed by atoms with Crippen molar-refractivity contribution in [3.8, 4) is 22.8 Å². The van der Waals surface area contributed by atoms with Crippen molar-refractivity contribution in [1.82, 2.24) is 19.7 Å². The lowest BCUT2D eigenvalue weighted by Crippen LogP contribution is -1.98. The van der Waals surface area contributed by atoms with E-state index in [1.54, 1.807) is 40.7 Å². The molecule has 3 aromatic heterocycles. The first-order chi connectivity index (χ1) is 11.8. The lowest BCUT2D eigenvalue weighted by Gasteiger charge is -2.06. The monoisotopic (exact) mass is 340 g/mol. The Morgan fingerprint density at radius 3 is 2.96 bits per heavy atom. The van der Waals surface area contributed by atoms with Crippen LogP contribution in [0.1, 0.15) is 0 Å². The maximum absolute atomic E-state index is 12.4. The van der Waals surface area contributed by atoms with Gasteiger partial charge in [0.15, 0.2) is 0 Å². The van der Waals surface area contributed by atoms with Crippen molar-refractivity contribution >= 4 is 21.6 Å². The SMILES string of the molecule is FCCn1cc(-c2cc(Oc3ccc4ncsc4c3)ccn2)cn1. The third kappa shape index (κ3) is 2.98. The van der Waals surface area contributed by atoms with Crippen LogP contribution in [0.15, 0.2) is 54.4 Å². The van der Waals surface area contributed by atoms with Gasteiger partial charge < -0.3 is 4.74 Å². The molecule has 0 atom stereocenters. The molecule has 0 aliphatic heterocycles. The minimum Gasteiger partial charge on any atom is -0.457 e. The largest absolute Gasteiger partial charge is 0.457 e. The van der Waals surface area contributed by atoms with E-state index in [2.05, 4.69) is 15.1 Å². The summed E-state index contributed by atoms with van der Waals surface area (Å²) >= 11 is 1.57. The molecule has 4 aromatic rings. The maximum Gasteiger partial charge on any atom is 0.131 e. The second-order valence-electron chi connectivity index (χ2n) is 5.14. The Balaban J connectivity index is 1.59. The zero-order chi connectivity index (χ0) is 16.4. The van der Waals surface area contributed by atoms with Crippen molar-refractivity contribution < 1.29 is 9.13 Å². The molecule has 120 valence electrons. The van der Waals surface area contributed by atoms with Crippen molar-refractivity contribution in [2.24, 2.45) is 0 Å². The van der Waals surface area contributed by atoms with Crippen LogP contribution in [0.5, 0.6) is 11.5 Å². The Kier molecular flexibility index (Phi) is 3.92. The number of benzene rings is 1. The van der Waals surface area contributed by atoms with E-state index in [0.717, 1.165) is 27.2 Å². The van der Waals surface area contributed by atoms with Crippen molar-refractivity contribution in [2.45, 2.75) is 6.54 Å². The van der Waals surface area contributed by atoms with Crippen molar-refractivity contribution in [3.05, 3.63) is 54.4 Å². The highest BCUT2D eigenvalue weighted by molar-refractivity contribution is 7.16. The van der Waals surface area contributed by atoms with Gasteiger partial charge in [-0.05, 0) is 18.2 Å². The molecule has 0 saturated heterocycles. The quantitative estimate of drug-likeness (QED) is 0.543. The van der Waals surface area contributed by atoms with Crippen molar-refractivity contribution in [2.75, 3.05) is 6.67 Å². The molecule has 0 N–H and O–H groups in total. The van der Waals surface area contributed by atoms with Crippen molar-refractivity contribution in [1.29, 1.82) is 0 Å². The van der Waals surface area contributed by atoms with Crippen LogP contribution < -0.4 is 4.74 Å². The number of ether oxygens (including phenoxy) is 1. The lowest BCUT2D eigenvalue weighted by atomic mass is 10.2. The normalized spacial score (nSPS) is 11.0. The minimum absolute atomic E-state index is 0.241. The molecule has 0 bridgehead atoms. The second-order valence-corrected chi connectivity index (χ2v) is 6.03. The van der Waals surface area contributed by atoms with Crippen LogP contribution >= 0.6 is 11.3 Å². The predicted octanol–water partition coefficient (Wildman–Crippen LogP) is 4.32. The van der Waals surface area contributed by atoms with Gasteiger partial charge in [-0.25, -0.2) is 9.37 Å². The summed E-state index contributed by atoms with van der Waals surface area (Å²) in [4.78, 5) is 8.59. The maximum atomic E-state index is 12.4. The fourth-order valence-corrected chi connectivity index (χ4v) is 3.08. The van der Waals surface area contributed by atoms with Gasteiger partial charge in [0, 0.05) is 30.1 Å². The summed E-state index contributed by atoms with van der Waals surface area (Å²) in [5, 5.41) is 4.11. The first-order valence-electron chi connectivity index (χ1n) is 7.38. The topological polar surface area (TPSA) is 52.8 Å². The van der Waals surface area contributed by atoms with Crippen LogP contribution in [0.4, 0.5) is 4.39 Å². The number of thiazole rings is 1. The number of aryl methyl sites for hydroxylation is 1. The number of hydrogen-bond donors (Lipinski definition) is 0. The highest BCUT2D eigenvalue weighted by atomic mass is 32.1. The van der Waals surface area contributed by atoms with Gasteiger partial charge in [0.1, 0.15) is 18.2 Å². The van der Waals surface area contributed by atoms with Crippen LogP contribution in [0.25, 0.3) is 21.5 Å². The first kappa shape index (κ1) is 14.8. The summed E-state index contributed by atoms with van der Waals surface area (Å²) in [5.41, 5.74) is 4.33. The molecule has 0 saturated carbocycles. The summed E-state index contributed by atoms with van der Waals surface area (Å²) in [7, 11) is 0.